The van der Waals surface area contributed by atoms with Crippen LogP contribution in [0.15, 0.2) is 24.3 Å². The van der Waals surface area contributed by atoms with Gasteiger partial charge < -0.3 is 10.1 Å². The molecule has 0 amide bonds. The van der Waals surface area contributed by atoms with Crippen molar-refractivity contribution in [2.24, 2.45) is 5.92 Å². The molecule has 0 radical (unpaired) electrons. The SMILES string of the molecule is CC(C)CNCCCCCCOc1cccc(Cl)c1. The third kappa shape index (κ3) is 8.90. The largest absolute Gasteiger partial charge is 0.494 e. The molecule has 0 saturated carbocycles. The van der Waals surface area contributed by atoms with E-state index in [1.165, 1.54) is 19.3 Å². The molecule has 1 aromatic carbocycles. The number of nitrogens with one attached hydrogen (secondary N) is 1. The number of rotatable bonds is 10. The number of ether oxygens (including phenoxy) is 1. The fourth-order valence-electron chi connectivity index (χ4n) is 1.84. The summed E-state index contributed by atoms with van der Waals surface area (Å²) in [6, 6.07) is 7.58. The standard InChI is InChI=1S/C16H26ClNO/c1-14(2)13-18-10-5-3-4-6-11-19-16-9-7-8-15(17)12-16/h7-9,12,14,18H,3-6,10-11,13H2,1-2H3. The molecule has 0 atom stereocenters. The second-order valence-corrected chi connectivity index (χ2v) is 5.75. The zero-order valence-electron chi connectivity index (χ0n) is 12.1. The topological polar surface area (TPSA) is 21.3 Å². The minimum absolute atomic E-state index is 0.730. The quantitative estimate of drug-likeness (QED) is 0.637. The molecule has 0 saturated heterocycles. The Hall–Kier alpha value is -0.730. The summed E-state index contributed by atoms with van der Waals surface area (Å²) in [5.74, 6) is 1.61. The minimum Gasteiger partial charge on any atom is -0.494 e. The summed E-state index contributed by atoms with van der Waals surface area (Å²) in [5.41, 5.74) is 0. The van der Waals surface area contributed by atoms with Crippen LogP contribution in [0.2, 0.25) is 5.02 Å². The highest BCUT2D eigenvalue weighted by Crippen LogP contribution is 2.17. The predicted octanol–water partition coefficient (Wildman–Crippen LogP) is 4.52. The first-order valence-electron chi connectivity index (χ1n) is 7.27. The van der Waals surface area contributed by atoms with E-state index < -0.39 is 0 Å². The zero-order chi connectivity index (χ0) is 13.9. The normalized spacial score (nSPS) is 10.9. The maximum absolute atomic E-state index is 5.89. The van der Waals surface area contributed by atoms with E-state index in [9.17, 15) is 0 Å². The first kappa shape index (κ1) is 16.3. The molecule has 0 bridgehead atoms. The van der Waals surface area contributed by atoms with E-state index >= 15 is 0 Å². The van der Waals surface area contributed by atoms with Gasteiger partial charge in [0.05, 0.1) is 6.61 Å². The average molecular weight is 284 g/mol. The molecule has 0 aliphatic carbocycles. The van der Waals surface area contributed by atoms with Crippen LogP contribution in [-0.4, -0.2) is 19.7 Å². The highest BCUT2D eigenvalue weighted by atomic mass is 35.5. The van der Waals surface area contributed by atoms with Gasteiger partial charge in [-0.2, -0.15) is 0 Å². The van der Waals surface area contributed by atoms with E-state index in [2.05, 4.69) is 19.2 Å². The second kappa shape index (κ2) is 10.1. The molecular weight excluding hydrogens is 258 g/mol. The fourth-order valence-corrected chi connectivity index (χ4v) is 2.02. The van der Waals surface area contributed by atoms with Gasteiger partial charge in [-0.25, -0.2) is 0 Å². The van der Waals surface area contributed by atoms with Gasteiger partial charge in [-0.15, -0.1) is 0 Å². The van der Waals surface area contributed by atoms with Crippen LogP contribution >= 0.6 is 11.6 Å². The van der Waals surface area contributed by atoms with Crippen LogP contribution in [0.5, 0.6) is 5.75 Å². The molecule has 0 spiro atoms. The molecule has 0 aromatic heterocycles. The molecule has 19 heavy (non-hydrogen) atoms. The molecule has 1 aromatic rings. The summed E-state index contributed by atoms with van der Waals surface area (Å²) in [6.07, 6.45) is 4.86. The molecule has 0 fully saturated rings. The molecule has 0 unspecified atom stereocenters. The van der Waals surface area contributed by atoms with Gasteiger partial charge in [0.1, 0.15) is 5.75 Å². The number of hydrogen-bond acceptors (Lipinski definition) is 2. The zero-order valence-corrected chi connectivity index (χ0v) is 12.9. The van der Waals surface area contributed by atoms with Gasteiger partial charge in [-0.3, -0.25) is 0 Å². The van der Waals surface area contributed by atoms with Crippen molar-refractivity contribution >= 4 is 11.6 Å². The summed E-state index contributed by atoms with van der Waals surface area (Å²) in [7, 11) is 0. The first-order valence-corrected chi connectivity index (χ1v) is 7.65. The van der Waals surface area contributed by atoms with E-state index in [0.717, 1.165) is 42.8 Å². The molecule has 2 nitrogen and oxygen atoms in total. The Balaban J connectivity index is 1.91. The monoisotopic (exact) mass is 283 g/mol. The molecule has 3 heteroatoms. The molecule has 108 valence electrons. The fraction of sp³-hybridized carbons (Fsp3) is 0.625. The second-order valence-electron chi connectivity index (χ2n) is 5.32. The van der Waals surface area contributed by atoms with E-state index in [4.69, 9.17) is 16.3 Å². The van der Waals surface area contributed by atoms with Crippen molar-refractivity contribution in [3.05, 3.63) is 29.3 Å². The smallest absolute Gasteiger partial charge is 0.120 e. The van der Waals surface area contributed by atoms with Gasteiger partial charge in [0, 0.05) is 5.02 Å². The van der Waals surface area contributed by atoms with Crippen LogP contribution in [0.25, 0.3) is 0 Å². The predicted molar refractivity (Wildman–Crippen MR) is 83.1 cm³/mol. The van der Waals surface area contributed by atoms with Crippen LogP contribution in [0.4, 0.5) is 0 Å². The Morgan fingerprint density at radius 1 is 1.16 bits per heavy atom. The lowest BCUT2D eigenvalue weighted by Crippen LogP contribution is -2.20. The van der Waals surface area contributed by atoms with Crippen molar-refractivity contribution in [2.45, 2.75) is 39.5 Å². The number of halogens is 1. The highest BCUT2D eigenvalue weighted by molar-refractivity contribution is 6.30. The Morgan fingerprint density at radius 3 is 2.68 bits per heavy atom. The summed E-state index contributed by atoms with van der Waals surface area (Å²) >= 11 is 5.89. The highest BCUT2D eigenvalue weighted by Gasteiger charge is 1.96. The van der Waals surface area contributed by atoms with Crippen molar-refractivity contribution in [3.8, 4) is 5.75 Å². The number of unbranched alkanes of at least 4 members (excludes halogenated alkanes) is 3. The molecule has 0 aliphatic rings. The van der Waals surface area contributed by atoms with Crippen molar-refractivity contribution < 1.29 is 4.74 Å². The molecule has 1 rings (SSSR count). The van der Waals surface area contributed by atoms with E-state index in [0.29, 0.717) is 0 Å². The van der Waals surface area contributed by atoms with Gasteiger partial charge in [-0.05, 0) is 50.0 Å². The summed E-state index contributed by atoms with van der Waals surface area (Å²) in [4.78, 5) is 0. The molecule has 0 heterocycles. The first-order chi connectivity index (χ1) is 9.18. The van der Waals surface area contributed by atoms with Crippen molar-refractivity contribution in [2.75, 3.05) is 19.7 Å². The number of hydrogen-bond donors (Lipinski definition) is 1. The van der Waals surface area contributed by atoms with Crippen LogP contribution in [0.1, 0.15) is 39.5 Å². The number of benzene rings is 1. The van der Waals surface area contributed by atoms with E-state index in [1.54, 1.807) is 0 Å². The van der Waals surface area contributed by atoms with Crippen LogP contribution in [0, 0.1) is 5.92 Å². The van der Waals surface area contributed by atoms with Crippen LogP contribution in [-0.2, 0) is 0 Å². The maximum Gasteiger partial charge on any atom is 0.120 e. The van der Waals surface area contributed by atoms with Crippen molar-refractivity contribution in [3.63, 3.8) is 0 Å². The Kier molecular flexibility index (Phi) is 8.68. The lowest BCUT2D eigenvalue weighted by molar-refractivity contribution is 0.304. The third-order valence-electron chi connectivity index (χ3n) is 2.87. The van der Waals surface area contributed by atoms with Gasteiger partial charge >= 0.3 is 0 Å². The summed E-state index contributed by atoms with van der Waals surface area (Å²) < 4.78 is 5.65. The van der Waals surface area contributed by atoms with Crippen molar-refractivity contribution in [1.82, 2.24) is 5.32 Å². The third-order valence-corrected chi connectivity index (χ3v) is 3.10. The van der Waals surface area contributed by atoms with E-state index in [-0.39, 0.29) is 0 Å². The lowest BCUT2D eigenvalue weighted by atomic mass is 10.2. The van der Waals surface area contributed by atoms with E-state index in [1.807, 2.05) is 24.3 Å². The van der Waals surface area contributed by atoms with Gasteiger partial charge in [-0.1, -0.05) is 44.4 Å². The summed E-state index contributed by atoms with van der Waals surface area (Å²) in [5, 5.41) is 4.19. The van der Waals surface area contributed by atoms with Gasteiger partial charge in [0.2, 0.25) is 0 Å². The Morgan fingerprint density at radius 2 is 1.95 bits per heavy atom. The van der Waals surface area contributed by atoms with Crippen molar-refractivity contribution in [1.29, 1.82) is 0 Å². The van der Waals surface area contributed by atoms with Gasteiger partial charge in [0.15, 0.2) is 0 Å². The van der Waals surface area contributed by atoms with Gasteiger partial charge in [0.25, 0.3) is 0 Å². The minimum atomic E-state index is 0.730. The lowest BCUT2D eigenvalue weighted by Gasteiger charge is -2.08. The van der Waals surface area contributed by atoms with Crippen LogP contribution in [0.3, 0.4) is 0 Å². The Labute approximate surface area is 122 Å². The average Bonchev–Trinajstić information content (AvgIpc) is 2.36. The molecule has 1 N–H and O–H groups in total. The Bertz CT molecular complexity index is 341. The summed E-state index contributed by atoms with van der Waals surface area (Å²) in [6.45, 7) is 7.51. The molecule has 0 aliphatic heterocycles. The maximum atomic E-state index is 5.89. The molecular formula is C16H26ClNO. The van der Waals surface area contributed by atoms with Crippen LogP contribution < -0.4 is 10.1 Å².